The van der Waals surface area contributed by atoms with E-state index in [0.29, 0.717) is 12.3 Å². The minimum atomic E-state index is 0.0321. The number of pyridine rings is 1. The molecule has 2 N–H and O–H groups in total. The van der Waals surface area contributed by atoms with Crippen LogP contribution < -0.4 is 5.32 Å². The van der Waals surface area contributed by atoms with Gasteiger partial charge >= 0.3 is 0 Å². The monoisotopic (exact) mass is 322 g/mol. The Morgan fingerprint density at radius 2 is 2.04 bits per heavy atom. The minimum Gasteiger partial charge on any atom is -0.343 e. The number of anilines is 1. The van der Waals surface area contributed by atoms with Crippen LogP contribution in [0.1, 0.15) is 31.4 Å². The fraction of sp³-hybridized carbons (Fsp3) is 0.316. The number of rotatable bonds is 4. The first-order chi connectivity index (χ1) is 11.5. The van der Waals surface area contributed by atoms with Gasteiger partial charge in [0.05, 0.1) is 11.2 Å². The van der Waals surface area contributed by atoms with Crippen LogP contribution in [-0.2, 0) is 4.79 Å². The topological polar surface area (TPSA) is 70.7 Å². The summed E-state index contributed by atoms with van der Waals surface area (Å²) < 4.78 is 0. The van der Waals surface area contributed by atoms with Crippen LogP contribution in [-0.4, -0.2) is 20.9 Å². The predicted molar refractivity (Wildman–Crippen MR) is 96.9 cm³/mol. The highest BCUT2D eigenvalue weighted by molar-refractivity contribution is 6.03. The molecule has 2 heterocycles. The van der Waals surface area contributed by atoms with Crippen molar-refractivity contribution in [3.8, 4) is 11.5 Å². The third-order valence-corrected chi connectivity index (χ3v) is 3.97. The highest BCUT2D eigenvalue weighted by Crippen LogP contribution is 2.31. The number of hydrogen-bond acceptors (Lipinski definition) is 3. The minimum absolute atomic E-state index is 0.0321. The van der Waals surface area contributed by atoms with E-state index < -0.39 is 0 Å². The molecule has 0 unspecified atom stereocenters. The van der Waals surface area contributed by atoms with Crippen LogP contribution in [0, 0.1) is 19.8 Å². The van der Waals surface area contributed by atoms with Gasteiger partial charge in [0.25, 0.3) is 0 Å². The molecular weight excluding hydrogens is 300 g/mol. The van der Waals surface area contributed by atoms with Crippen LogP contribution in [0.3, 0.4) is 0 Å². The molecule has 5 nitrogen and oxygen atoms in total. The SMILES string of the molecule is Cc1ccc(NC(=O)CC(C)C)c2c(C)cc(-c3ncc[nH]3)nc12. The molecule has 0 radical (unpaired) electrons. The molecule has 0 atom stereocenters. The Hall–Kier alpha value is -2.69. The maximum absolute atomic E-state index is 12.2. The Balaban J connectivity index is 2.09. The van der Waals surface area contributed by atoms with E-state index in [-0.39, 0.29) is 5.91 Å². The standard InChI is InChI=1S/C19H22N4O/c1-11(2)9-16(24)22-14-6-5-12(3)18-17(14)13(4)10-15(23-18)19-20-7-8-21-19/h5-8,10-11H,9H2,1-4H3,(H,20,21)(H,22,24). The molecule has 0 fully saturated rings. The van der Waals surface area contributed by atoms with Gasteiger partial charge in [-0.05, 0) is 43.0 Å². The molecule has 24 heavy (non-hydrogen) atoms. The lowest BCUT2D eigenvalue weighted by molar-refractivity contribution is -0.116. The Morgan fingerprint density at radius 3 is 2.71 bits per heavy atom. The van der Waals surface area contributed by atoms with Gasteiger partial charge in [0.15, 0.2) is 5.82 Å². The number of aromatic nitrogens is 3. The van der Waals surface area contributed by atoms with E-state index >= 15 is 0 Å². The van der Waals surface area contributed by atoms with E-state index in [1.807, 2.05) is 45.9 Å². The molecule has 3 rings (SSSR count). The van der Waals surface area contributed by atoms with E-state index in [4.69, 9.17) is 4.98 Å². The van der Waals surface area contributed by atoms with Crippen molar-refractivity contribution >= 4 is 22.5 Å². The molecule has 5 heteroatoms. The van der Waals surface area contributed by atoms with Crippen LogP contribution in [0.15, 0.2) is 30.6 Å². The van der Waals surface area contributed by atoms with Gasteiger partial charge in [0.1, 0.15) is 5.69 Å². The van der Waals surface area contributed by atoms with Crippen LogP contribution in [0.25, 0.3) is 22.4 Å². The Kier molecular flexibility index (Phi) is 4.34. The van der Waals surface area contributed by atoms with Crippen molar-refractivity contribution in [3.05, 3.63) is 41.7 Å². The number of carbonyl (C=O) groups is 1. The summed E-state index contributed by atoms with van der Waals surface area (Å²) in [5.41, 5.74) is 4.65. The van der Waals surface area contributed by atoms with Gasteiger partial charge in [-0.1, -0.05) is 19.9 Å². The second-order valence-electron chi connectivity index (χ2n) is 6.56. The largest absolute Gasteiger partial charge is 0.343 e. The average molecular weight is 322 g/mol. The molecule has 2 aromatic heterocycles. The summed E-state index contributed by atoms with van der Waals surface area (Å²) in [4.78, 5) is 24.3. The lowest BCUT2D eigenvalue weighted by Gasteiger charge is -2.14. The maximum atomic E-state index is 12.2. The van der Waals surface area contributed by atoms with E-state index in [9.17, 15) is 4.79 Å². The third kappa shape index (κ3) is 3.15. The summed E-state index contributed by atoms with van der Waals surface area (Å²) in [6, 6.07) is 5.95. The smallest absolute Gasteiger partial charge is 0.224 e. The number of nitrogens with zero attached hydrogens (tertiary/aromatic N) is 2. The summed E-state index contributed by atoms with van der Waals surface area (Å²) in [6.07, 6.45) is 4.00. The second-order valence-corrected chi connectivity index (χ2v) is 6.56. The number of amides is 1. The van der Waals surface area contributed by atoms with E-state index in [1.165, 1.54) is 0 Å². The lowest BCUT2D eigenvalue weighted by atomic mass is 10.0. The maximum Gasteiger partial charge on any atom is 0.224 e. The second kappa shape index (κ2) is 6.43. The average Bonchev–Trinajstić information content (AvgIpc) is 3.03. The summed E-state index contributed by atoms with van der Waals surface area (Å²) in [5.74, 6) is 1.10. The number of imidazole rings is 1. The van der Waals surface area contributed by atoms with Crippen molar-refractivity contribution in [3.63, 3.8) is 0 Å². The zero-order valence-corrected chi connectivity index (χ0v) is 14.5. The van der Waals surface area contributed by atoms with Gasteiger partial charge in [0, 0.05) is 24.2 Å². The highest BCUT2D eigenvalue weighted by atomic mass is 16.1. The van der Waals surface area contributed by atoms with Gasteiger partial charge in [-0.25, -0.2) is 9.97 Å². The van der Waals surface area contributed by atoms with E-state index in [2.05, 4.69) is 15.3 Å². The molecule has 0 aliphatic rings. The third-order valence-electron chi connectivity index (χ3n) is 3.97. The van der Waals surface area contributed by atoms with E-state index in [1.54, 1.807) is 12.4 Å². The number of aryl methyl sites for hydroxylation is 2. The van der Waals surface area contributed by atoms with Crippen molar-refractivity contribution in [1.29, 1.82) is 0 Å². The molecule has 0 aliphatic carbocycles. The Bertz CT molecular complexity index is 882. The Morgan fingerprint density at radius 1 is 1.25 bits per heavy atom. The number of H-pyrrole nitrogens is 1. The number of aromatic amines is 1. The zero-order chi connectivity index (χ0) is 17.3. The lowest BCUT2D eigenvalue weighted by Crippen LogP contribution is -2.14. The van der Waals surface area contributed by atoms with Crippen molar-refractivity contribution < 1.29 is 4.79 Å². The van der Waals surface area contributed by atoms with Gasteiger partial charge < -0.3 is 10.3 Å². The van der Waals surface area contributed by atoms with Crippen molar-refractivity contribution in [1.82, 2.24) is 15.0 Å². The predicted octanol–water partition coefficient (Wildman–Crippen LogP) is 4.23. The number of fused-ring (bicyclic) bond motifs is 1. The molecule has 1 aromatic carbocycles. The molecule has 1 amide bonds. The van der Waals surface area contributed by atoms with Gasteiger partial charge in [0.2, 0.25) is 5.91 Å². The summed E-state index contributed by atoms with van der Waals surface area (Å²) >= 11 is 0. The van der Waals surface area contributed by atoms with Gasteiger partial charge in [-0.2, -0.15) is 0 Å². The van der Waals surface area contributed by atoms with Crippen molar-refractivity contribution in [2.24, 2.45) is 5.92 Å². The Labute approximate surface area is 141 Å². The molecule has 0 saturated carbocycles. The molecule has 0 saturated heterocycles. The van der Waals surface area contributed by atoms with E-state index in [0.717, 1.165) is 39.2 Å². The fourth-order valence-corrected chi connectivity index (χ4v) is 2.87. The normalized spacial score (nSPS) is 11.2. The molecule has 124 valence electrons. The van der Waals surface area contributed by atoms with Crippen LogP contribution >= 0.6 is 0 Å². The van der Waals surface area contributed by atoms with Gasteiger partial charge in [-0.15, -0.1) is 0 Å². The summed E-state index contributed by atoms with van der Waals surface area (Å²) in [7, 11) is 0. The van der Waals surface area contributed by atoms with Crippen LogP contribution in [0.4, 0.5) is 5.69 Å². The molecule has 3 aromatic rings. The quantitative estimate of drug-likeness (QED) is 0.755. The van der Waals surface area contributed by atoms with Gasteiger partial charge in [-0.3, -0.25) is 4.79 Å². The first kappa shape index (κ1) is 16.2. The molecular formula is C19H22N4O. The number of carbonyl (C=O) groups excluding carboxylic acids is 1. The molecule has 0 aliphatic heterocycles. The number of nitrogens with one attached hydrogen (secondary N) is 2. The van der Waals surface area contributed by atoms with Crippen LogP contribution in [0.5, 0.6) is 0 Å². The number of benzene rings is 1. The molecule has 0 spiro atoms. The van der Waals surface area contributed by atoms with Crippen molar-refractivity contribution in [2.75, 3.05) is 5.32 Å². The van der Waals surface area contributed by atoms with Crippen LogP contribution in [0.2, 0.25) is 0 Å². The van der Waals surface area contributed by atoms with Crippen molar-refractivity contribution in [2.45, 2.75) is 34.1 Å². The summed E-state index contributed by atoms with van der Waals surface area (Å²) in [6.45, 7) is 8.14. The summed E-state index contributed by atoms with van der Waals surface area (Å²) in [5, 5.41) is 4.02. The number of hydrogen-bond donors (Lipinski definition) is 2. The first-order valence-corrected chi connectivity index (χ1v) is 8.16. The first-order valence-electron chi connectivity index (χ1n) is 8.16. The zero-order valence-electron chi connectivity index (χ0n) is 14.5. The highest BCUT2D eigenvalue weighted by Gasteiger charge is 2.14. The fourth-order valence-electron chi connectivity index (χ4n) is 2.87. The molecule has 0 bridgehead atoms.